The summed E-state index contributed by atoms with van der Waals surface area (Å²) in [5.74, 6) is -0.252. The van der Waals surface area contributed by atoms with Crippen LogP contribution in [0, 0.1) is 0 Å². The molecule has 0 aromatic heterocycles. The van der Waals surface area contributed by atoms with Gasteiger partial charge in [-0.2, -0.15) is 0 Å². The molecule has 1 unspecified atom stereocenters. The Hall–Kier alpha value is -1.15. The molecule has 0 spiro atoms. The van der Waals surface area contributed by atoms with Crippen LogP contribution in [-0.4, -0.2) is 56.4 Å². The van der Waals surface area contributed by atoms with E-state index in [2.05, 4.69) is 16.0 Å². The summed E-state index contributed by atoms with van der Waals surface area (Å²) in [6.07, 6.45) is 0.319. The SMILES string of the molecule is CC(C)(C)NC(=O)CCNC(=O)CC1CS(=O)(=O)CCN1. The van der Waals surface area contributed by atoms with Crippen molar-refractivity contribution < 1.29 is 18.0 Å². The average Bonchev–Trinajstić information content (AvgIpc) is 2.24. The summed E-state index contributed by atoms with van der Waals surface area (Å²) < 4.78 is 22.9. The van der Waals surface area contributed by atoms with Crippen LogP contribution in [0.25, 0.3) is 0 Å². The second-order valence-electron chi connectivity index (χ2n) is 6.37. The molecule has 1 rings (SSSR count). The minimum absolute atomic E-state index is 0.00900. The Kier molecular flexibility index (Phi) is 6.15. The van der Waals surface area contributed by atoms with Crippen molar-refractivity contribution in [2.45, 2.75) is 45.2 Å². The Labute approximate surface area is 126 Å². The van der Waals surface area contributed by atoms with E-state index in [1.807, 2.05) is 20.8 Å². The average molecular weight is 319 g/mol. The van der Waals surface area contributed by atoms with Gasteiger partial charge in [-0.15, -0.1) is 0 Å². The molecular formula is C13H25N3O4S. The van der Waals surface area contributed by atoms with Gasteiger partial charge >= 0.3 is 0 Å². The van der Waals surface area contributed by atoms with Crippen LogP contribution in [-0.2, 0) is 19.4 Å². The number of hydrogen-bond acceptors (Lipinski definition) is 5. The molecule has 1 aliphatic heterocycles. The van der Waals surface area contributed by atoms with Crippen LogP contribution in [0.3, 0.4) is 0 Å². The van der Waals surface area contributed by atoms with E-state index in [1.165, 1.54) is 0 Å². The molecule has 3 N–H and O–H groups in total. The number of hydrogen-bond donors (Lipinski definition) is 3. The van der Waals surface area contributed by atoms with E-state index < -0.39 is 9.84 Å². The summed E-state index contributed by atoms with van der Waals surface area (Å²) in [7, 11) is -3.04. The summed E-state index contributed by atoms with van der Waals surface area (Å²) in [6, 6.07) is -0.341. The molecule has 8 heteroatoms. The quantitative estimate of drug-likeness (QED) is 0.614. The predicted octanol–water partition coefficient (Wildman–Crippen LogP) is -0.816. The van der Waals surface area contributed by atoms with Crippen LogP contribution in [0.2, 0.25) is 0 Å². The van der Waals surface area contributed by atoms with E-state index in [-0.39, 0.29) is 54.3 Å². The third-order valence-electron chi connectivity index (χ3n) is 2.92. The van der Waals surface area contributed by atoms with Crippen LogP contribution in [0.5, 0.6) is 0 Å². The first kappa shape index (κ1) is 17.9. The van der Waals surface area contributed by atoms with Gasteiger partial charge in [0.1, 0.15) is 0 Å². The summed E-state index contributed by atoms with van der Waals surface area (Å²) in [5, 5.41) is 8.46. The lowest BCUT2D eigenvalue weighted by atomic mass is 10.1. The summed E-state index contributed by atoms with van der Waals surface area (Å²) in [6.45, 7) is 6.30. The lowest BCUT2D eigenvalue weighted by Gasteiger charge is -2.23. The highest BCUT2D eigenvalue weighted by atomic mass is 32.2. The zero-order chi connectivity index (χ0) is 16.1. The van der Waals surface area contributed by atoms with E-state index in [0.717, 1.165) is 0 Å². The lowest BCUT2D eigenvalue weighted by molar-refractivity contribution is -0.123. The number of amides is 2. The van der Waals surface area contributed by atoms with Gasteiger partial charge in [0.25, 0.3) is 0 Å². The molecule has 1 saturated heterocycles. The largest absolute Gasteiger partial charge is 0.356 e. The fourth-order valence-electron chi connectivity index (χ4n) is 2.09. The van der Waals surface area contributed by atoms with Crippen molar-refractivity contribution in [1.82, 2.24) is 16.0 Å². The summed E-state index contributed by atoms with van der Waals surface area (Å²) in [5.41, 5.74) is -0.290. The number of carbonyl (C=O) groups is 2. The van der Waals surface area contributed by atoms with E-state index in [1.54, 1.807) is 0 Å². The molecule has 1 aliphatic rings. The smallest absolute Gasteiger partial charge is 0.222 e. The van der Waals surface area contributed by atoms with E-state index in [4.69, 9.17) is 0 Å². The first-order chi connectivity index (χ1) is 9.57. The molecule has 2 amide bonds. The first-order valence-corrected chi connectivity index (χ1v) is 8.91. The minimum atomic E-state index is -3.04. The van der Waals surface area contributed by atoms with Crippen molar-refractivity contribution in [1.29, 1.82) is 0 Å². The Morgan fingerprint density at radius 3 is 2.48 bits per heavy atom. The number of nitrogens with one attached hydrogen (secondary N) is 3. The Morgan fingerprint density at radius 1 is 1.24 bits per heavy atom. The number of carbonyl (C=O) groups excluding carboxylic acids is 2. The van der Waals surface area contributed by atoms with Gasteiger partial charge in [-0.05, 0) is 20.8 Å². The molecule has 0 bridgehead atoms. The minimum Gasteiger partial charge on any atom is -0.356 e. The molecule has 1 heterocycles. The van der Waals surface area contributed by atoms with Crippen LogP contribution in [0.4, 0.5) is 0 Å². The molecule has 1 fully saturated rings. The van der Waals surface area contributed by atoms with Crippen LogP contribution < -0.4 is 16.0 Å². The normalized spacial score (nSPS) is 21.6. The second-order valence-corrected chi connectivity index (χ2v) is 8.60. The Balaban J connectivity index is 2.24. The summed E-state index contributed by atoms with van der Waals surface area (Å²) >= 11 is 0. The highest BCUT2D eigenvalue weighted by molar-refractivity contribution is 7.91. The third kappa shape index (κ3) is 8.01. The Morgan fingerprint density at radius 2 is 1.90 bits per heavy atom. The fourth-order valence-corrected chi connectivity index (χ4v) is 3.53. The standard InChI is InChI=1S/C13H25N3O4S/c1-13(2,3)16-11(17)4-5-15-12(18)8-10-9-21(19,20)7-6-14-10/h10,14H,4-9H2,1-3H3,(H,15,18)(H,16,17). The second kappa shape index (κ2) is 7.22. The molecule has 7 nitrogen and oxygen atoms in total. The van der Waals surface area contributed by atoms with Gasteiger partial charge < -0.3 is 16.0 Å². The van der Waals surface area contributed by atoms with Gasteiger partial charge in [0.2, 0.25) is 11.8 Å². The lowest BCUT2D eigenvalue weighted by Crippen LogP contribution is -2.47. The zero-order valence-electron chi connectivity index (χ0n) is 12.9. The molecule has 0 saturated carbocycles. The molecule has 0 aromatic carbocycles. The summed E-state index contributed by atoms with van der Waals surface area (Å²) in [4.78, 5) is 23.3. The van der Waals surface area contributed by atoms with E-state index in [9.17, 15) is 18.0 Å². The van der Waals surface area contributed by atoms with Gasteiger partial charge in [-0.25, -0.2) is 8.42 Å². The molecule has 122 valence electrons. The highest BCUT2D eigenvalue weighted by Crippen LogP contribution is 2.05. The molecule has 21 heavy (non-hydrogen) atoms. The van der Waals surface area contributed by atoms with Crippen molar-refractivity contribution in [3.8, 4) is 0 Å². The Bertz CT molecular complexity index is 482. The zero-order valence-corrected chi connectivity index (χ0v) is 13.7. The van der Waals surface area contributed by atoms with Gasteiger partial charge in [0.15, 0.2) is 9.84 Å². The van der Waals surface area contributed by atoms with E-state index in [0.29, 0.717) is 6.54 Å². The molecule has 0 aromatic rings. The number of sulfone groups is 1. The van der Waals surface area contributed by atoms with Crippen molar-refractivity contribution in [2.75, 3.05) is 24.6 Å². The van der Waals surface area contributed by atoms with Crippen molar-refractivity contribution >= 4 is 21.7 Å². The van der Waals surface area contributed by atoms with Crippen molar-refractivity contribution in [3.63, 3.8) is 0 Å². The molecule has 0 radical (unpaired) electrons. The van der Waals surface area contributed by atoms with Crippen LogP contribution in [0.1, 0.15) is 33.6 Å². The maximum atomic E-state index is 11.7. The van der Waals surface area contributed by atoms with Gasteiger partial charge in [-0.1, -0.05) is 0 Å². The van der Waals surface area contributed by atoms with Crippen molar-refractivity contribution in [2.24, 2.45) is 0 Å². The van der Waals surface area contributed by atoms with E-state index >= 15 is 0 Å². The maximum absolute atomic E-state index is 11.7. The van der Waals surface area contributed by atoms with Gasteiger partial charge in [0, 0.05) is 37.5 Å². The fraction of sp³-hybridized carbons (Fsp3) is 0.846. The van der Waals surface area contributed by atoms with Gasteiger partial charge in [0.05, 0.1) is 11.5 Å². The topological polar surface area (TPSA) is 104 Å². The van der Waals surface area contributed by atoms with Crippen LogP contribution in [0.15, 0.2) is 0 Å². The maximum Gasteiger partial charge on any atom is 0.222 e. The molecule has 1 atom stereocenters. The van der Waals surface area contributed by atoms with Crippen LogP contribution >= 0.6 is 0 Å². The predicted molar refractivity (Wildman–Crippen MR) is 80.6 cm³/mol. The highest BCUT2D eigenvalue weighted by Gasteiger charge is 2.25. The first-order valence-electron chi connectivity index (χ1n) is 7.09. The molecular weight excluding hydrogens is 294 g/mol. The van der Waals surface area contributed by atoms with Crippen molar-refractivity contribution in [3.05, 3.63) is 0 Å². The molecule has 0 aliphatic carbocycles. The van der Waals surface area contributed by atoms with Gasteiger partial charge in [-0.3, -0.25) is 9.59 Å². The monoisotopic (exact) mass is 319 g/mol. The number of rotatable bonds is 5. The third-order valence-corrected chi connectivity index (χ3v) is 4.66.